The van der Waals surface area contributed by atoms with Gasteiger partial charge in [0.2, 0.25) is 0 Å². The molecule has 0 aliphatic carbocycles. The number of aliphatic carboxylic acids is 1. The third-order valence-corrected chi connectivity index (χ3v) is 2.58. The van der Waals surface area contributed by atoms with E-state index in [-0.39, 0.29) is 6.42 Å². The molecule has 1 rings (SSSR count). The van der Waals surface area contributed by atoms with Crippen LogP contribution in [0.5, 0.6) is 0 Å². The molecular formula is C10H10Cl2O2. The summed E-state index contributed by atoms with van der Waals surface area (Å²) in [5, 5.41) is 9.48. The Balaban J connectivity index is 2.51. The fraction of sp³-hybridized carbons (Fsp3) is 0.300. The lowest BCUT2D eigenvalue weighted by Gasteiger charge is -2.01. The molecule has 0 saturated heterocycles. The molecule has 1 aromatic carbocycles. The second kappa shape index (κ2) is 5.23. The standard InChI is InChI=1S/C10H10Cl2O2/c11-8-5-4-7(6-9(8)12)2-1-3-10(13)14/h4-6H,1-3H2,(H,13,14). The lowest BCUT2D eigenvalue weighted by Crippen LogP contribution is -1.95. The fourth-order valence-corrected chi connectivity index (χ4v) is 1.46. The molecule has 0 atom stereocenters. The summed E-state index contributed by atoms with van der Waals surface area (Å²) in [4.78, 5) is 10.3. The Hall–Kier alpha value is -0.730. The molecule has 0 radical (unpaired) electrons. The molecule has 0 aliphatic rings. The normalized spacial score (nSPS) is 10.1. The number of hydrogen-bond acceptors (Lipinski definition) is 1. The molecule has 76 valence electrons. The quantitative estimate of drug-likeness (QED) is 0.865. The van der Waals surface area contributed by atoms with Crippen LogP contribution in [0, 0.1) is 0 Å². The summed E-state index contributed by atoms with van der Waals surface area (Å²) in [6.45, 7) is 0. The van der Waals surface area contributed by atoms with Gasteiger partial charge in [-0.25, -0.2) is 0 Å². The van der Waals surface area contributed by atoms with E-state index in [0.717, 1.165) is 5.56 Å². The maximum atomic E-state index is 10.3. The van der Waals surface area contributed by atoms with Crippen LogP contribution in [0.15, 0.2) is 18.2 Å². The van der Waals surface area contributed by atoms with Gasteiger partial charge in [0.1, 0.15) is 0 Å². The Morgan fingerprint density at radius 3 is 2.57 bits per heavy atom. The zero-order chi connectivity index (χ0) is 10.6. The average Bonchev–Trinajstić information content (AvgIpc) is 2.10. The van der Waals surface area contributed by atoms with E-state index in [1.807, 2.05) is 6.07 Å². The highest BCUT2D eigenvalue weighted by Gasteiger charge is 2.01. The van der Waals surface area contributed by atoms with E-state index in [4.69, 9.17) is 28.3 Å². The van der Waals surface area contributed by atoms with Gasteiger partial charge >= 0.3 is 5.97 Å². The van der Waals surface area contributed by atoms with E-state index in [0.29, 0.717) is 22.9 Å². The number of halogens is 2. The van der Waals surface area contributed by atoms with E-state index in [2.05, 4.69) is 0 Å². The molecule has 0 aliphatic heterocycles. The number of hydrogen-bond donors (Lipinski definition) is 1. The van der Waals surface area contributed by atoms with Crippen LogP contribution in [0.1, 0.15) is 18.4 Å². The second-order valence-electron chi connectivity index (χ2n) is 3.00. The van der Waals surface area contributed by atoms with Gasteiger partial charge < -0.3 is 5.11 Å². The highest BCUT2D eigenvalue weighted by molar-refractivity contribution is 6.42. The molecule has 1 aromatic rings. The van der Waals surface area contributed by atoms with Gasteiger partial charge in [-0.3, -0.25) is 4.79 Å². The van der Waals surface area contributed by atoms with Crippen molar-refractivity contribution in [3.05, 3.63) is 33.8 Å². The van der Waals surface area contributed by atoms with Crippen molar-refractivity contribution >= 4 is 29.2 Å². The van der Waals surface area contributed by atoms with E-state index in [1.54, 1.807) is 12.1 Å². The SMILES string of the molecule is O=C(O)CCCc1ccc(Cl)c(Cl)c1. The van der Waals surface area contributed by atoms with Crippen molar-refractivity contribution in [2.75, 3.05) is 0 Å². The van der Waals surface area contributed by atoms with Gasteiger partial charge in [0, 0.05) is 6.42 Å². The number of carboxylic acids is 1. The summed E-state index contributed by atoms with van der Waals surface area (Å²) in [5.41, 5.74) is 1.01. The minimum Gasteiger partial charge on any atom is -0.481 e. The summed E-state index contributed by atoms with van der Waals surface area (Å²) in [5.74, 6) is -0.773. The zero-order valence-electron chi connectivity index (χ0n) is 7.46. The Labute approximate surface area is 92.5 Å². The summed E-state index contributed by atoms with van der Waals surface area (Å²) >= 11 is 11.5. The highest BCUT2D eigenvalue weighted by atomic mass is 35.5. The van der Waals surface area contributed by atoms with Gasteiger partial charge in [-0.15, -0.1) is 0 Å². The molecule has 0 unspecified atom stereocenters. The number of carboxylic acid groups (broad SMARTS) is 1. The van der Waals surface area contributed by atoms with Crippen molar-refractivity contribution in [3.8, 4) is 0 Å². The lowest BCUT2D eigenvalue weighted by atomic mass is 10.1. The Morgan fingerprint density at radius 2 is 2.00 bits per heavy atom. The topological polar surface area (TPSA) is 37.3 Å². The first-order valence-electron chi connectivity index (χ1n) is 4.25. The number of benzene rings is 1. The first-order chi connectivity index (χ1) is 6.59. The van der Waals surface area contributed by atoms with Crippen LogP contribution in [-0.4, -0.2) is 11.1 Å². The molecule has 1 N–H and O–H groups in total. The van der Waals surface area contributed by atoms with Crippen LogP contribution in [0.2, 0.25) is 10.0 Å². The molecule has 14 heavy (non-hydrogen) atoms. The molecule has 4 heteroatoms. The van der Waals surface area contributed by atoms with Crippen molar-refractivity contribution in [2.45, 2.75) is 19.3 Å². The van der Waals surface area contributed by atoms with Crippen molar-refractivity contribution in [1.82, 2.24) is 0 Å². The predicted molar refractivity (Wildman–Crippen MR) is 57.0 cm³/mol. The van der Waals surface area contributed by atoms with Gasteiger partial charge in [-0.1, -0.05) is 29.3 Å². The maximum Gasteiger partial charge on any atom is 0.303 e. The molecule has 0 aromatic heterocycles. The summed E-state index contributed by atoms with van der Waals surface area (Å²) < 4.78 is 0. The first kappa shape index (κ1) is 11.3. The fourth-order valence-electron chi connectivity index (χ4n) is 1.14. The van der Waals surface area contributed by atoms with Crippen LogP contribution in [0.3, 0.4) is 0 Å². The number of aryl methyl sites for hydroxylation is 1. The molecule has 0 heterocycles. The monoisotopic (exact) mass is 232 g/mol. The Kier molecular flexibility index (Phi) is 4.23. The molecule has 0 saturated carbocycles. The van der Waals surface area contributed by atoms with Crippen LogP contribution >= 0.6 is 23.2 Å². The van der Waals surface area contributed by atoms with Gasteiger partial charge in [0.05, 0.1) is 10.0 Å². The Bertz CT molecular complexity index is 337. The van der Waals surface area contributed by atoms with Crippen molar-refractivity contribution in [3.63, 3.8) is 0 Å². The molecule has 0 bridgehead atoms. The average molecular weight is 233 g/mol. The van der Waals surface area contributed by atoms with E-state index in [9.17, 15) is 4.79 Å². The minimum atomic E-state index is -0.773. The second-order valence-corrected chi connectivity index (χ2v) is 3.81. The van der Waals surface area contributed by atoms with Gasteiger partial charge in [-0.05, 0) is 30.5 Å². The van der Waals surface area contributed by atoms with E-state index in [1.165, 1.54) is 0 Å². The highest BCUT2D eigenvalue weighted by Crippen LogP contribution is 2.23. The van der Waals surface area contributed by atoms with Crippen LogP contribution in [-0.2, 0) is 11.2 Å². The maximum absolute atomic E-state index is 10.3. The van der Waals surface area contributed by atoms with Crippen molar-refractivity contribution in [1.29, 1.82) is 0 Å². The van der Waals surface area contributed by atoms with Crippen LogP contribution in [0.4, 0.5) is 0 Å². The molecule has 2 nitrogen and oxygen atoms in total. The van der Waals surface area contributed by atoms with Gasteiger partial charge in [0.15, 0.2) is 0 Å². The summed E-state index contributed by atoms with van der Waals surface area (Å²) in [6.07, 6.45) is 1.51. The van der Waals surface area contributed by atoms with Crippen LogP contribution in [0.25, 0.3) is 0 Å². The predicted octanol–water partition coefficient (Wildman–Crippen LogP) is 3.40. The molecule has 0 fully saturated rings. The van der Waals surface area contributed by atoms with E-state index < -0.39 is 5.97 Å². The Morgan fingerprint density at radius 1 is 1.29 bits per heavy atom. The van der Waals surface area contributed by atoms with Gasteiger partial charge in [0.25, 0.3) is 0 Å². The largest absolute Gasteiger partial charge is 0.481 e. The smallest absolute Gasteiger partial charge is 0.303 e. The van der Waals surface area contributed by atoms with E-state index >= 15 is 0 Å². The molecule has 0 amide bonds. The zero-order valence-corrected chi connectivity index (χ0v) is 8.98. The minimum absolute atomic E-state index is 0.181. The van der Waals surface area contributed by atoms with Crippen molar-refractivity contribution < 1.29 is 9.90 Å². The first-order valence-corrected chi connectivity index (χ1v) is 5.01. The third-order valence-electron chi connectivity index (χ3n) is 1.84. The van der Waals surface area contributed by atoms with Crippen molar-refractivity contribution in [2.24, 2.45) is 0 Å². The third kappa shape index (κ3) is 3.56. The molecule has 0 spiro atoms. The molecular weight excluding hydrogens is 223 g/mol. The number of carbonyl (C=O) groups is 1. The lowest BCUT2D eigenvalue weighted by molar-refractivity contribution is -0.137. The van der Waals surface area contributed by atoms with Crippen LogP contribution < -0.4 is 0 Å². The van der Waals surface area contributed by atoms with Gasteiger partial charge in [-0.2, -0.15) is 0 Å². The summed E-state index contributed by atoms with van der Waals surface area (Å²) in [7, 11) is 0. The summed E-state index contributed by atoms with van der Waals surface area (Å²) in [6, 6.07) is 5.35. The number of rotatable bonds is 4.